The number of nitrogens with zero attached hydrogens (tertiary/aromatic N) is 2. The van der Waals surface area contributed by atoms with Gasteiger partial charge in [-0.2, -0.15) is 5.10 Å². The van der Waals surface area contributed by atoms with E-state index in [4.69, 9.17) is 12.2 Å². The lowest BCUT2D eigenvalue weighted by Gasteiger charge is -2.23. The molecule has 0 bridgehead atoms. The van der Waals surface area contributed by atoms with Crippen LogP contribution in [0.3, 0.4) is 0 Å². The number of thiophene rings is 1. The predicted molar refractivity (Wildman–Crippen MR) is 135 cm³/mol. The van der Waals surface area contributed by atoms with Crippen molar-refractivity contribution < 1.29 is 9.59 Å². The van der Waals surface area contributed by atoms with Gasteiger partial charge in [0.2, 0.25) is 0 Å². The van der Waals surface area contributed by atoms with Gasteiger partial charge >= 0.3 is 0 Å². The van der Waals surface area contributed by atoms with E-state index in [1.165, 1.54) is 23.3 Å². The second-order valence-corrected chi connectivity index (χ2v) is 11.7. The Morgan fingerprint density at radius 1 is 1.21 bits per heavy atom. The summed E-state index contributed by atoms with van der Waals surface area (Å²) in [5.74, 6) is 2.47. The summed E-state index contributed by atoms with van der Waals surface area (Å²) < 4.78 is 1.81. The van der Waals surface area contributed by atoms with E-state index in [1.54, 1.807) is 11.3 Å². The number of aromatic nitrogens is 2. The number of carbonyl (C=O) groups is 2. The van der Waals surface area contributed by atoms with Crippen LogP contribution in [0.1, 0.15) is 69.9 Å². The van der Waals surface area contributed by atoms with Crippen molar-refractivity contribution in [2.24, 2.45) is 24.8 Å². The molecular weight excluding hydrogens is 452 g/mol. The van der Waals surface area contributed by atoms with Crippen molar-refractivity contribution in [2.75, 3.05) is 11.9 Å². The third-order valence-corrected chi connectivity index (χ3v) is 8.58. The van der Waals surface area contributed by atoms with Gasteiger partial charge in [-0.3, -0.25) is 14.3 Å². The Kier molecular flexibility index (Phi) is 6.40. The van der Waals surface area contributed by atoms with Crippen molar-refractivity contribution in [2.45, 2.75) is 64.7 Å². The maximum Gasteiger partial charge on any atom is 0.252 e. The lowest BCUT2D eigenvalue weighted by Crippen LogP contribution is -2.28. The van der Waals surface area contributed by atoms with Crippen LogP contribution in [0.2, 0.25) is 0 Å². The van der Waals surface area contributed by atoms with Crippen molar-refractivity contribution in [3.8, 4) is 0 Å². The molecule has 176 valence electrons. The molecule has 0 aromatic carbocycles. The van der Waals surface area contributed by atoms with Gasteiger partial charge in [0.15, 0.2) is 0 Å². The Labute approximate surface area is 204 Å². The summed E-state index contributed by atoms with van der Waals surface area (Å²) in [5, 5.41) is 10.9. The molecule has 1 amide bonds. The quantitative estimate of drug-likeness (QED) is 0.517. The number of hydrogen-bond donors (Lipinski definition) is 2. The Morgan fingerprint density at radius 2 is 2.00 bits per heavy atom. The lowest BCUT2D eigenvalue weighted by molar-refractivity contribution is -0.119. The van der Waals surface area contributed by atoms with Gasteiger partial charge in [-0.15, -0.1) is 11.3 Å². The molecule has 2 aromatic rings. The molecule has 6 nitrogen and oxygen atoms in total. The van der Waals surface area contributed by atoms with E-state index in [9.17, 15) is 9.59 Å². The molecule has 3 aliphatic carbocycles. The zero-order valence-electron chi connectivity index (χ0n) is 19.4. The van der Waals surface area contributed by atoms with Crippen molar-refractivity contribution >= 4 is 46.1 Å². The molecule has 0 aliphatic heterocycles. The standard InChI is InChI=1S/C25H32N4O2S2/c1-14-9-22(29(2)28-14)27-23(32)11-16-5-8-20-18(10-16)24(25(31)26-13-15-3-4-15)21(33-20)12-19(30)17-6-7-17/h9,15-17H,3-8,10-13H2,1-2H3,(H,26,31)(H,27,32)/t16-/m0/s1. The number of thiocarbonyl (C=S) groups is 1. The molecular formula is C25H32N4O2S2. The highest BCUT2D eigenvalue weighted by Gasteiger charge is 2.34. The van der Waals surface area contributed by atoms with E-state index in [0.29, 0.717) is 24.0 Å². The molecule has 3 aliphatic rings. The molecule has 8 heteroatoms. The van der Waals surface area contributed by atoms with E-state index in [0.717, 1.165) is 72.0 Å². The molecule has 5 rings (SSSR count). The smallest absolute Gasteiger partial charge is 0.252 e. The number of fused-ring (bicyclic) bond motifs is 1. The molecule has 2 heterocycles. The van der Waals surface area contributed by atoms with Crippen LogP contribution in [0.15, 0.2) is 6.07 Å². The first-order chi connectivity index (χ1) is 15.9. The highest BCUT2D eigenvalue weighted by molar-refractivity contribution is 7.80. The number of Topliss-reactive ketones (excluding diaryl/α,β-unsaturated/α-hetero) is 1. The molecule has 33 heavy (non-hydrogen) atoms. The predicted octanol–water partition coefficient (Wildman–Crippen LogP) is 4.39. The minimum absolute atomic E-state index is 0.0182. The minimum Gasteiger partial charge on any atom is -0.352 e. The van der Waals surface area contributed by atoms with Crippen LogP contribution in [0.4, 0.5) is 5.82 Å². The van der Waals surface area contributed by atoms with Gasteiger partial charge in [-0.1, -0.05) is 12.2 Å². The average molecular weight is 485 g/mol. The van der Waals surface area contributed by atoms with E-state index in [-0.39, 0.29) is 11.8 Å². The van der Waals surface area contributed by atoms with Crippen LogP contribution in [0.25, 0.3) is 0 Å². The average Bonchev–Trinajstić information content (AvgIpc) is 3.68. The van der Waals surface area contributed by atoms with E-state index >= 15 is 0 Å². The zero-order valence-corrected chi connectivity index (χ0v) is 21.0. The van der Waals surface area contributed by atoms with Gasteiger partial charge in [0.05, 0.1) is 16.2 Å². The fraction of sp³-hybridized carbons (Fsp3) is 0.600. The summed E-state index contributed by atoms with van der Waals surface area (Å²) in [6, 6.07) is 2.00. The monoisotopic (exact) mass is 484 g/mol. The van der Waals surface area contributed by atoms with Crippen LogP contribution in [-0.2, 0) is 31.1 Å². The van der Waals surface area contributed by atoms with Crippen molar-refractivity contribution in [3.05, 3.63) is 32.6 Å². The Bertz CT molecular complexity index is 1090. The summed E-state index contributed by atoms with van der Waals surface area (Å²) in [6.07, 6.45) is 8.49. The lowest BCUT2D eigenvalue weighted by atomic mass is 9.83. The molecule has 2 fully saturated rings. The van der Waals surface area contributed by atoms with Gasteiger partial charge in [0.1, 0.15) is 11.6 Å². The molecule has 0 unspecified atom stereocenters. The topological polar surface area (TPSA) is 76.0 Å². The van der Waals surface area contributed by atoms with Crippen LogP contribution < -0.4 is 10.6 Å². The molecule has 0 radical (unpaired) electrons. The summed E-state index contributed by atoms with van der Waals surface area (Å²) in [4.78, 5) is 28.9. The maximum absolute atomic E-state index is 13.2. The SMILES string of the molecule is Cc1cc(NC(=S)C[C@H]2CCc3sc(CC(=O)C4CC4)c(C(=O)NCC4CC4)c3C2)n(C)n1. The van der Waals surface area contributed by atoms with Crippen LogP contribution in [-0.4, -0.2) is 33.0 Å². The fourth-order valence-electron chi connectivity index (χ4n) is 4.81. The van der Waals surface area contributed by atoms with E-state index in [1.807, 2.05) is 24.7 Å². The molecule has 1 atom stereocenters. The number of amides is 1. The summed E-state index contributed by atoms with van der Waals surface area (Å²) in [5.41, 5.74) is 2.93. The van der Waals surface area contributed by atoms with Gasteiger partial charge < -0.3 is 10.6 Å². The number of rotatable bonds is 9. The number of anilines is 1. The normalized spacial score (nSPS) is 19.8. The molecule has 0 saturated heterocycles. The number of hydrogen-bond acceptors (Lipinski definition) is 5. The van der Waals surface area contributed by atoms with Gasteiger partial charge in [-0.05, 0) is 69.3 Å². The Hall–Kier alpha value is -2.06. The first kappa shape index (κ1) is 22.7. The fourth-order valence-corrected chi connectivity index (χ4v) is 6.51. The van der Waals surface area contributed by atoms with Gasteiger partial charge in [0.25, 0.3) is 5.91 Å². The molecule has 2 saturated carbocycles. The van der Waals surface area contributed by atoms with Crippen molar-refractivity contribution in [1.29, 1.82) is 0 Å². The number of ketones is 1. The number of carbonyl (C=O) groups excluding carboxylic acids is 2. The summed E-state index contributed by atoms with van der Waals surface area (Å²) >= 11 is 7.37. The summed E-state index contributed by atoms with van der Waals surface area (Å²) in [6.45, 7) is 2.72. The van der Waals surface area contributed by atoms with Crippen LogP contribution in [0.5, 0.6) is 0 Å². The number of nitrogens with one attached hydrogen (secondary N) is 2. The molecule has 0 spiro atoms. The Balaban J connectivity index is 1.31. The first-order valence-corrected chi connectivity index (χ1v) is 13.3. The van der Waals surface area contributed by atoms with Crippen LogP contribution in [0, 0.1) is 24.7 Å². The molecule has 2 aromatic heterocycles. The highest BCUT2D eigenvalue weighted by Crippen LogP contribution is 2.40. The summed E-state index contributed by atoms with van der Waals surface area (Å²) in [7, 11) is 1.91. The van der Waals surface area contributed by atoms with Crippen LogP contribution >= 0.6 is 23.6 Å². The zero-order chi connectivity index (χ0) is 23.1. The van der Waals surface area contributed by atoms with E-state index in [2.05, 4.69) is 15.7 Å². The first-order valence-electron chi connectivity index (χ1n) is 12.1. The van der Waals surface area contributed by atoms with E-state index < -0.39 is 0 Å². The second kappa shape index (κ2) is 9.29. The molecule has 2 N–H and O–H groups in total. The highest BCUT2D eigenvalue weighted by atomic mass is 32.1. The van der Waals surface area contributed by atoms with Crippen molar-refractivity contribution in [3.63, 3.8) is 0 Å². The third-order valence-electron chi connectivity index (χ3n) is 7.02. The largest absolute Gasteiger partial charge is 0.352 e. The number of aryl methyl sites for hydroxylation is 3. The Morgan fingerprint density at radius 3 is 2.67 bits per heavy atom. The van der Waals surface area contributed by atoms with Gasteiger partial charge in [0, 0.05) is 48.2 Å². The second-order valence-electron chi connectivity index (χ2n) is 10.0. The maximum atomic E-state index is 13.2. The van der Waals surface area contributed by atoms with Gasteiger partial charge in [-0.25, -0.2) is 0 Å². The minimum atomic E-state index is 0.0182. The third kappa shape index (κ3) is 5.38. The van der Waals surface area contributed by atoms with Crippen molar-refractivity contribution in [1.82, 2.24) is 15.1 Å².